The molecule has 1 unspecified atom stereocenters. The van der Waals surface area contributed by atoms with Gasteiger partial charge in [-0.05, 0) is 66.2 Å². The number of hydrogen-bond acceptors (Lipinski definition) is 6. The zero-order chi connectivity index (χ0) is 21.4. The SMILES string of the molecule is CC(C)(C)OC(=O)N1CCC(Sc2ccc3c(cnn3C(=O)OC(C)(C)C)c2)C1. The third-order valence-electron chi connectivity index (χ3n) is 4.21. The maximum atomic E-state index is 12.3. The number of thioether (sulfide) groups is 1. The van der Waals surface area contributed by atoms with Crippen molar-refractivity contribution in [2.75, 3.05) is 13.1 Å². The number of hydrogen-bond donors (Lipinski definition) is 0. The summed E-state index contributed by atoms with van der Waals surface area (Å²) in [7, 11) is 0. The van der Waals surface area contributed by atoms with Crippen molar-refractivity contribution in [2.24, 2.45) is 0 Å². The van der Waals surface area contributed by atoms with Crippen LogP contribution >= 0.6 is 11.8 Å². The average Bonchev–Trinajstić information content (AvgIpc) is 3.18. The van der Waals surface area contributed by atoms with Gasteiger partial charge < -0.3 is 14.4 Å². The van der Waals surface area contributed by atoms with Gasteiger partial charge in [0.1, 0.15) is 11.2 Å². The van der Waals surface area contributed by atoms with Gasteiger partial charge in [0, 0.05) is 28.6 Å². The molecule has 1 aliphatic heterocycles. The molecule has 1 aliphatic rings. The first kappa shape index (κ1) is 21.5. The number of ether oxygens (including phenoxy) is 2. The van der Waals surface area contributed by atoms with E-state index < -0.39 is 17.3 Å². The fourth-order valence-corrected chi connectivity index (χ4v) is 4.25. The number of carbonyl (C=O) groups excluding carboxylic acids is 2. The van der Waals surface area contributed by atoms with Crippen molar-refractivity contribution in [3.63, 3.8) is 0 Å². The molecular weight excluding hydrogens is 390 g/mol. The van der Waals surface area contributed by atoms with Crippen LogP contribution in [0.15, 0.2) is 29.3 Å². The Labute approximate surface area is 175 Å². The number of nitrogens with zero attached hydrogens (tertiary/aromatic N) is 3. The Balaban J connectivity index is 1.65. The second-order valence-corrected chi connectivity index (χ2v) is 10.6. The Morgan fingerprint density at radius 3 is 2.38 bits per heavy atom. The number of rotatable bonds is 2. The summed E-state index contributed by atoms with van der Waals surface area (Å²) >= 11 is 1.73. The zero-order valence-corrected chi connectivity index (χ0v) is 18.7. The normalized spacial score (nSPS) is 17.6. The summed E-state index contributed by atoms with van der Waals surface area (Å²) < 4.78 is 12.2. The molecule has 1 fully saturated rings. The lowest BCUT2D eigenvalue weighted by Crippen LogP contribution is -2.35. The highest BCUT2D eigenvalue weighted by Gasteiger charge is 2.30. The van der Waals surface area contributed by atoms with Crippen LogP contribution in [0.2, 0.25) is 0 Å². The number of fused-ring (bicyclic) bond motifs is 1. The Hall–Kier alpha value is -2.22. The molecule has 3 rings (SSSR count). The number of amides is 1. The second-order valence-electron chi connectivity index (χ2n) is 9.21. The van der Waals surface area contributed by atoms with E-state index in [1.54, 1.807) is 22.9 Å². The first-order valence-electron chi connectivity index (χ1n) is 9.77. The predicted octanol–water partition coefficient (Wildman–Crippen LogP) is 4.92. The van der Waals surface area contributed by atoms with Gasteiger partial charge in [-0.2, -0.15) is 9.78 Å². The molecule has 2 heterocycles. The highest BCUT2D eigenvalue weighted by molar-refractivity contribution is 8.00. The fourth-order valence-electron chi connectivity index (χ4n) is 3.04. The largest absolute Gasteiger partial charge is 0.444 e. The van der Waals surface area contributed by atoms with Crippen LogP contribution in [0, 0.1) is 0 Å². The minimum absolute atomic E-state index is 0.255. The standard InChI is InChI=1S/C21H29N3O4S/c1-20(2,3)27-18(25)23-10-9-16(13-23)29-15-7-8-17-14(11-15)12-22-24(17)19(26)28-21(4,5)6/h7-8,11-12,16H,9-10,13H2,1-6H3. The molecule has 0 spiro atoms. The summed E-state index contributed by atoms with van der Waals surface area (Å²) in [5.74, 6) is 0. The molecule has 0 bridgehead atoms. The molecule has 8 heteroatoms. The molecule has 158 valence electrons. The van der Waals surface area contributed by atoms with Gasteiger partial charge in [-0.25, -0.2) is 9.59 Å². The third-order valence-corrected chi connectivity index (χ3v) is 5.45. The van der Waals surface area contributed by atoms with Crippen molar-refractivity contribution in [1.29, 1.82) is 0 Å². The lowest BCUT2D eigenvalue weighted by Gasteiger charge is -2.24. The topological polar surface area (TPSA) is 73.7 Å². The van der Waals surface area contributed by atoms with E-state index >= 15 is 0 Å². The molecule has 1 saturated heterocycles. The Kier molecular flexibility index (Phi) is 5.85. The molecule has 1 aromatic heterocycles. The lowest BCUT2D eigenvalue weighted by atomic mass is 10.2. The van der Waals surface area contributed by atoms with Crippen LogP contribution < -0.4 is 0 Å². The van der Waals surface area contributed by atoms with Gasteiger partial charge in [0.05, 0.1) is 11.7 Å². The number of likely N-dealkylation sites (tertiary alicyclic amines) is 1. The minimum Gasteiger partial charge on any atom is -0.444 e. The maximum absolute atomic E-state index is 12.3. The van der Waals surface area contributed by atoms with Crippen LogP contribution in [0.25, 0.3) is 10.9 Å². The van der Waals surface area contributed by atoms with Gasteiger partial charge in [0.25, 0.3) is 0 Å². The summed E-state index contributed by atoms with van der Waals surface area (Å²) in [6.45, 7) is 12.5. The molecule has 0 radical (unpaired) electrons. The van der Waals surface area contributed by atoms with E-state index in [-0.39, 0.29) is 6.09 Å². The molecule has 2 aromatic rings. The van der Waals surface area contributed by atoms with Gasteiger partial charge in [0.15, 0.2) is 0 Å². The summed E-state index contributed by atoms with van der Waals surface area (Å²) in [6.07, 6.45) is 1.84. The first-order valence-corrected chi connectivity index (χ1v) is 10.6. The first-order chi connectivity index (χ1) is 13.4. The molecule has 1 atom stereocenters. The van der Waals surface area contributed by atoms with Crippen LogP contribution in [0.4, 0.5) is 9.59 Å². The molecular formula is C21H29N3O4S. The summed E-state index contributed by atoms with van der Waals surface area (Å²) in [5.41, 5.74) is -0.347. The van der Waals surface area contributed by atoms with Crippen LogP contribution in [0.3, 0.4) is 0 Å². The van der Waals surface area contributed by atoms with Crippen molar-refractivity contribution in [2.45, 2.75) is 69.3 Å². The summed E-state index contributed by atoms with van der Waals surface area (Å²) in [4.78, 5) is 27.4. The average molecular weight is 420 g/mol. The van der Waals surface area contributed by atoms with Crippen LogP contribution in [0.1, 0.15) is 48.0 Å². The highest BCUT2D eigenvalue weighted by atomic mass is 32.2. The lowest BCUT2D eigenvalue weighted by molar-refractivity contribution is 0.0295. The van der Waals surface area contributed by atoms with Crippen molar-refractivity contribution < 1.29 is 19.1 Å². The fraction of sp³-hybridized carbons (Fsp3) is 0.571. The Bertz CT molecular complexity index is 911. The van der Waals surface area contributed by atoms with Crippen LogP contribution in [-0.2, 0) is 9.47 Å². The van der Waals surface area contributed by atoms with E-state index in [0.717, 1.165) is 16.7 Å². The van der Waals surface area contributed by atoms with E-state index in [1.807, 2.05) is 59.7 Å². The highest BCUT2D eigenvalue weighted by Crippen LogP contribution is 2.32. The zero-order valence-electron chi connectivity index (χ0n) is 17.9. The van der Waals surface area contributed by atoms with E-state index in [9.17, 15) is 9.59 Å². The van der Waals surface area contributed by atoms with Gasteiger partial charge in [-0.15, -0.1) is 11.8 Å². The molecule has 29 heavy (non-hydrogen) atoms. The summed E-state index contributed by atoms with van der Waals surface area (Å²) in [6, 6.07) is 5.88. The predicted molar refractivity (Wildman–Crippen MR) is 113 cm³/mol. The monoisotopic (exact) mass is 419 g/mol. The Morgan fingerprint density at radius 1 is 1.07 bits per heavy atom. The van der Waals surface area contributed by atoms with Crippen LogP contribution in [-0.4, -0.2) is 56.4 Å². The van der Waals surface area contributed by atoms with Crippen molar-refractivity contribution >= 4 is 34.9 Å². The van der Waals surface area contributed by atoms with Crippen LogP contribution in [0.5, 0.6) is 0 Å². The van der Waals surface area contributed by atoms with Crippen molar-refractivity contribution in [3.8, 4) is 0 Å². The minimum atomic E-state index is -0.576. The molecule has 1 amide bonds. The number of aromatic nitrogens is 2. The molecule has 1 aromatic carbocycles. The van der Waals surface area contributed by atoms with E-state index in [1.165, 1.54) is 4.68 Å². The van der Waals surface area contributed by atoms with Gasteiger partial charge in [0.2, 0.25) is 0 Å². The van der Waals surface area contributed by atoms with Crippen molar-refractivity contribution in [1.82, 2.24) is 14.7 Å². The molecule has 0 saturated carbocycles. The van der Waals surface area contributed by atoms with Crippen molar-refractivity contribution in [3.05, 3.63) is 24.4 Å². The Morgan fingerprint density at radius 2 is 1.72 bits per heavy atom. The molecule has 0 aliphatic carbocycles. The maximum Gasteiger partial charge on any atom is 0.435 e. The quantitative estimate of drug-likeness (QED) is 0.688. The smallest absolute Gasteiger partial charge is 0.435 e. The molecule has 7 nitrogen and oxygen atoms in total. The molecule has 0 N–H and O–H groups in total. The van der Waals surface area contributed by atoms with Gasteiger partial charge in [-0.1, -0.05) is 0 Å². The van der Waals surface area contributed by atoms with E-state index in [2.05, 4.69) is 5.10 Å². The number of benzene rings is 1. The second kappa shape index (κ2) is 7.89. The number of carbonyl (C=O) groups is 2. The third kappa shape index (κ3) is 5.65. The summed E-state index contributed by atoms with van der Waals surface area (Å²) in [5, 5.41) is 5.37. The van der Waals surface area contributed by atoms with E-state index in [0.29, 0.717) is 23.9 Å². The van der Waals surface area contributed by atoms with Gasteiger partial charge in [-0.3, -0.25) is 0 Å². The van der Waals surface area contributed by atoms with E-state index in [4.69, 9.17) is 9.47 Å². The van der Waals surface area contributed by atoms with Gasteiger partial charge >= 0.3 is 12.2 Å².